The molecule has 2 aromatic carbocycles. The average Bonchev–Trinajstić information content (AvgIpc) is 2.92. The third-order valence-corrected chi connectivity index (χ3v) is 4.05. The Balaban J connectivity index is 0.00000243. The van der Waals surface area contributed by atoms with Gasteiger partial charge < -0.3 is 4.42 Å². The Morgan fingerprint density at radius 1 is 1.08 bits per heavy atom. The van der Waals surface area contributed by atoms with E-state index in [1.165, 1.54) is 36.4 Å². The summed E-state index contributed by atoms with van der Waals surface area (Å²) in [6, 6.07) is 9.17. The van der Waals surface area contributed by atoms with E-state index in [1.807, 2.05) is 0 Å². The van der Waals surface area contributed by atoms with Gasteiger partial charge in [-0.2, -0.15) is 4.98 Å². The molecule has 3 aromatic rings. The topological polar surface area (TPSA) is 72.2 Å². The Labute approximate surface area is 175 Å². The van der Waals surface area contributed by atoms with E-state index in [0.717, 1.165) is 12.3 Å². The molecule has 1 aromatic heterocycles. The number of halogens is 3. The fourth-order valence-corrected chi connectivity index (χ4v) is 2.72. The summed E-state index contributed by atoms with van der Waals surface area (Å²) in [5, 5.41) is -0.0837. The van der Waals surface area contributed by atoms with Crippen LogP contribution in [0, 0.1) is 11.6 Å². The largest absolute Gasteiger partial charge is 0.434 e. The van der Waals surface area contributed by atoms with Gasteiger partial charge in [0.25, 0.3) is 0 Å². The summed E-state index contributed by atoms with van der Waals surface area (Å²) < 4.78 is 57.7. The first kappa shape index (κ1) is 20.9. The number of nitrogens with one attached hydrogen (secondary N) is 1. The van der Waals surface area contributed by atoms with Crippen molar-refractivity contribution in [3.63, 3.8) is 0 Å². The molecule has 3 rings (SSSR count). The Morgan fingerprint density at radius 2 is 1.69 bits per heavy atom. The van der Waals surface area contributed by atoms with E-state index in [0.29, 0.717) is 5.56 Å². The summed E-state index contributed by atoms with van der Waals surface area (Å²) in [6.45, 7) is 0. The molecule has 1 heterocycles. The van der Waals surface area contributed by atoms with Gasteiger partial charge in [0.15, 0.2) is 11.6 Å². The van der Waals surface area contributed by atoms with Gasteiger partial charge in [0.2, 0.25) is 15.9 Å². The molecule has 0 saturated heterocycles. The molecule has 0 fully saturated rings. The molecule has 131 valence electrons. The van der Waals surface area contributed by atoms with Crippen LogP contribution in [0.4, 0.5) is 14.6 Å². The molecule has 10 heteroatoms. The molecule has 1 N–H and O–H groups in total. The van der Waals surface area contributed by atoms with E-state index in [-0.39, 0.29) is 57.6 Å². The predicted octanol–water partition coefficient (Wildman–Crippen LogP) is 3.93. The van der Waals surface area contributed by atoms with Gasteiger partial charge in [-0.15, -0.1) is 0 Å². The molecule has 0 aliphatic rings. The first-order valence-electron chi connectivity index (χ1n) is 6.93. The van der Waals surface area contributed by atoms with Crippen LogP contribution in [0.3, 0.4) is 0 Å². The number of anilines is 1. The Morgan fingerprint density at radius 3 is 2.27 bits per heavy atom. The monoisotopic (exact) mass is 407 g/mol. The zero-order valence-electron chi connectivity index (χ0n) is 13.8. The summed E-state index contributed by atoms with van der Waals surface area (Å²) >= 11 is 5.66. The number of benzene rings is 2. The minimum atomic E-state index is -3.65. The van der Waals surface area contributed by atoms with Crippen molar-refractivity contribution < 1.29 is 21.6 Å². The van der Waals surface area contributed by atoms with Crippen molar-refractivity contribution in [1.82, 2.24) is 4.98 Å². The second-order valence-corrected chi connectivity index (χ2v) is 7.36. The molecule has 0 spiro atoms. The molecule has 0 bridgehead atoms. The smallest absolute Gasteiger partial charge is 0.231 e. The van der Waals surface area contributed by atoms with E-state index < -0.39 is 21.7 Å². The zero-order valence-corrected chi connectivity index (χ0v) is 17.3. The van der Waals surface area contributed by atoms with Crippen molar-refractivity contribution in [2.45, 2.75) is 0 Å². The first-order valence-corrected chi connectivity index (χ1v) is 9.20. The van der Waals surface area contributed by atoms with Gasteiger partial charge in [-0.05, 0) is 42.5 Å². The van der Waals surface area contributed by atoms with Crippen molar-refractivity contribution in [1.29, 1.82) is 0 Å². The number of aromatic nitrogens is 1. The fourth-order valence-electron chi connectivity index (χ4n) is 2.11. The van der Waals surface area contributed by atoms with Crippen LogP contribution >= 0.6 is 11.6 Å². The van der Waals surface area contributed by atoms with Crippen LogP contribution in [0.2, 0.25) is 5.02 Å². The van der Waals surface area contributed by atoms with E-state index >= 15 is 0 Å². The fraction of sp³-hybridized carbons (Fsp3) is 0.0625. The molecular formula is C16H11ClF2N2NaO3S. The molecule has 0 atom stereocenters. The maximum absolute atomic E-state index is 13.7. The molecule has 26 heavy (non-hydrogen) atoms. The number of hydrogen-bond acceptors (Lipinski definition) is 4. The summed E-state index contributed by atoms with van der Waals surface area (Å²) in [7, 11) is -3.65. The summed E-state index contributed by atoms with van der Waals surface area (Å²) in [5.74, 6) is -1.17. The van der Waals surface area contributed by atoms with Crippen LogP contribution in [0.25, 0.3) is 22.8 Å². The van der Waals surface area contributed by atoms with Crippen LogP contribution < -0.4 is 4.72 Å². The standard InChI is InChI=1S/C16H11ClF2N2O3S.Na/c1-25(22,23)21-15-14(10-4-7-12(17)13(19)8-10)24-16(20-15)9-2-5-11(18)6-3-9;/h2-8,21H,1H3;. The van der Waals surface area contributed by atoms with Gasteiger partial charge in [-0.3, -0.25) is 4.72 Å². The normalized spacial score (nSPS) is 11.1. The van der Waals surface area contributed by atoms with Gasteiger partial charge in [-0.25, -0.2) is 17.2 Å². The average molecular weight is 408 g/mol. The van der Waals surface area contributed by atoms with Gasteiger partial charge in [-0.1, -0.05) is 11.6 Å². The number of rotatable bonds is 4. The summed E-state index contributed by atoms with van der Waals surface area (Å²) in [6.07, 6.45) is 0.950. The number of oxazole rings is 1. The van der Waals surface area contributed by atoms with E-state index in [2.05, 4.69) is 9.71 Å². The predicted molar refractivity (Wildman–Crippen MR) is 96.5 cm³/mol. The molecule has 1 radical (unpaired) electrons. The molecule has 0 aliphatic heterocycles. The molecule has 0 aliphatic carbocycles. The Bertz CT molecular complexity index is 1040. The molecule has 5 nitrogen and oxygen atoms in total. The van der Waals surface area contributed by atoms with Gasteiger partial charge in [0, 0.05) is 40.7 Å². The second-order valence-electron chi connectivity index (χ2n) is 5.21. The third-order valence-electron chi connectivity index (χ3n) is 3.18. The maximum Gasteiger partial charge on any atom is 0.231 e. The van der Waals surface area contributed by atoms with Crippen molar-refractivity contribution in [3.8, 4) is 22.8 Å². The van der Waals surface area contributed by atoms with Gasteiger partial charge >= 0.3 is 0 Å². The number of nitrogens with zero attached hydrogens (tertiary/aromatic N) is 1. The van der Waals surface area contributed by atoms with Crippen LogP contribution in [-0.2, 0) is 10.0 Å². The third kappa shape index (κ3) is 4.83. The first-order chi connectivity index (χ1) is 11.7. The van der Waals surface area contributed by atoms with Gasteiger partial charge in [0.1, 0.15) is 11.6 Å². The molecular weight excluding hydrogens is 397 g/mol. The van der Waals surface area contributed by atoms with E-state index in [1.54, 1.807) is 0 Å². The summed E-state index contributed by atoms with van der Waals surface area (Å²) in [5.41, 5.74) is 0.674. The van der Waals surface area contributed by atoms with Crippen molar-refractivity contribution >= 4 is 57.0 Å². The molecule has 0 unspecified atom stereocenters. The second kappa shape index (κ2) is 8.06. The minimum Gasteiger partial charge on any atom is -0.434 e. The van der Waals surface area contributed by atoms with E-state index in [9.17, 15) is 17.2 Å². The SMILES string of the molecule is CS(=O)(=O)Nc1nc(-c2ccc(F)cc2)oc1-c1ccc(Cl)c(F)c1.[Na]. The molecule has 0 amide bonds. The Kier molecular flexibility index (Phi) is 6.46. The minimum absolute atomic E-state index is 0. The van der Waals surface area contributed by atoms with Crippen molar-refractivity contribution in [2.24, 2.45) is 0 Å². The number of sulfonamides is 1. The quantitative estimate of drug-likeness (QED) is 0.665. The van der Waals surface area contributed by atoms with Crippen LogP contribution in [0.1, 0.15) is 0 Å². The van der Waals surface area contributed by atoms with E-state index in [4.69, 9.17) is 16.0 Å². The van der Waals surface area contributed by atoms with Crippen molar-refractivity contribution in [3.05, 3.63) is 59.1 Å². The Hall–Kier alpha value is -1.45. The molecule has 0 saturated carbocycles. The zero-order chi connectivity index (χ0) is 18.2. The maximum atomic E-state index is 13.7. The van der Waals surface area contributed by atoms with Crippen LogP contribution in [0.15, 0.2) is 46.9 Å². The van der Waals surface area contributed by atoms with Gasteiger partial charge in [0.05, 0.1) is 11.3 Å². The van der Waals surface area contributed by atoms with Crippen LogP contribution in [0.5, 0.6) is 0 Å². The number of hydrogen-bond donors (Lipinski definition) is 1. The van der Waals surface area contributed by atoms with Crippen LogP contribution in [-0.4, -0.2) is 49.2 Å². The summed E-state index contributed by atoms with van der Waals surface area (Å²) in [4.78, 5) is 4.09. The van der Waals surface area contributed by atoms with Crippen molar-refractivity contribution in [2.75, 3.05) is 11.0 Å².